The van der Waals surface area contributed by atoms with E-state index in [0.29, 0.717) is 18.0 Å². The maximum atomic E-state index is 12.6. The molecule has 0 radical (unpaired) electrons. The number of nitrogens with one attached hydrogen (secondary N) is 1. The highest BCUT2D eigenvalue weighted by atomic mass is 19.4. The maximum Gasteiger partial charge on any atom is 0.416 e. The summed E-state index contributed by atoms with van der Waals surface area (Å²) in [6.45, 7) is 4.40. The summed E-state index contributed by atoms with van der Waals surface area (Å²) in [6, 6.07) is 4.59. The molecule has 18 heavy (non-hydrogen) atoms. The van der Waals surface area contributed by atoms with Crippen molar-refractivity contribution in [2.75, 3.05) is 13.2 Å². The molecular weight excluding hydrogens is 243 g/mol. The van der Waals surface area contributed by atoms with Gasteiger partial charge >= 0.3 is 6.18 Å². The number of benzene rings is 1. The van der Waals surface area contributed by atoms with Gasteiger partial charge < -0.3 is 10.4 Å². The molecule has 0 aliphatic rings. The van der Waals surface area contributed by atoms with Gasteiger partial charge in [-0.05, 0) is 30.2 Å². The van der Waals surface area contributed by atoms with Crippen molar-refractivity contribution in [2.24, 2.45) is 5.92 Å². The van der Waals surface area contributed by atoms with Crippen LogP contribution in [0.25, 0.3) is 0 Å². The average Bonchev–Trinajstić information content (AvgIpc) is 2.29. The highest BCUT2D eigenvalue weighted by Gasteiger charge is 2.30. The van der Waals surface area contributed by atoms with E-state index in [2.05, 4.69) is 5.32 Å². The molecule has 1 rings (SSSR count). The summed E-state index contributed by atoms with van der Waals surface area (Å²) < 4.78 is 37.7. The Balaban J connectivity index is 2.86. The Hall–Kier alpha value is -1.07. The van der Waals surface area contributed by atoms with Crippen molar-refractivity contribution in [1.29, 1.82) is 0 Å². The number of hydrogen-bond acceptors (Lipinski definition) is 2. The molecule has 1 aromatic rings. The second-order valence-electron chi connectivity index (χ2n) is 4.66. The Morgan fingerprint density at radius 2 is 1.94 bits per heavy atom. The summed E-state index contributed by atoms with van der Waals surface area (Å²) >= 11 is 0. The summed E-state index contributed by atoms with van der Waals surface area (Å²) in [6.07, 6.45) is -4.35. The van der Waals surface area contributed by atoms with Crippen LogP contribution in [-0.2, 0) is 6.18 Å². The SMILES string of the molecule is CC(C)CNC(CO)c1cccc(C(F)(F)F)c1. The van der Waals surface area contributed by atoms with Crippen molar-refractivity contribution in [3.05, 3.63) is 35.4 Å². The summed E-state index contributed by atoms with van der Waals surface area (Å²) in [5.74, 6) is 0.366. The lowest BCUT2D eigenvalue weighted by Crippen LogP contribution is -2.28. The van der Waals surface area contributed by atoms with E-state index in [1.54, 1.807) is 6.07 Å². The minimum atomic E-state index is -4.35. The maximum absolute atomic E-state index is 12.6. The lowest BCUT2D eigenvalue weighted by molar-refractivity contribution is -0.137. The molecule has 1 unspecified atom stereocenters. The Kier molecular flexibility index (Phi) is 5.16. The minimum Gasteiger partial charge on any atom is -0.394 e. The largest absolute Gasteiger partial charge is 0.416 e. The number of halogens is 3. The summed E-state index contributed by atoms with van der Waals surface area (Å²) in [7, 11) is 0. The Morgan fingerprint density at radius 3 is 2.44 bits per heavy atom. The molecule has 0 aliphatic carbocycles. The third-order valence-electron chi connectivity index (χ3n) is 2.57. The zero-order valence-electron chi connectivity index (χ0n) is 10.5. The predicted molar refractivity (Wildman–Crippen MR) is 64.1 cm³/mol. The number of aliphatic hydroxyl groups excluding tert-OH is 1. The Labute approximate surface area is 105 Å². The standard InChI is InChI=1S/C13H18F3NO/c1-9(2)7-17-12(8-18)10-4-3-5-11(6-10)13(14,15)16/h3-6,9,12,17-18H,7-8H2,1-2H3. The fourth-order valence-electron chi connectivity index (χ4n) is 1.60. The topological polar surface area (TPSA) is 32.3 Å². The molecule has 1 atom stereocenters. The first-order valence-electron chi connectivity index (χ1n) is 5.86. The molecule has 0 bridgehead atoms. The second-order valence-corrected chi connectivity index (χ2v) is 4.66. The molecule has 5 heteroatoms. The molecule has 0 aliphatic heterocycles. The van der Waals surface area contributed by atoms with Gasteiger partial charge in [0, 0.05) is 0 Å². The van der Waals surface area contributed by atoms with E-state index in [4.69, 9.17) is 0 Å². The van der Waals surface area contributed by atoms with Gasteiger partial charge in [0.15, 0.2) is 0 Å². The first-order chi connectivity index (χ1) is 8.34. The summed E-state index contributed by atoms with van der Waals surface area (Å²) in [5, 5.41) is 12.3. The average molecular weight is 261 g/mol. The molecule has 0 heterocycles. The van der Waals surface area contributed by atoms with Gasteiger partial charge in [0.2, 0.25) is 0 Å². The normalized spacial score (nSPS) is 13.9. The van der Waals surface area contributed by atoms with Crippen LogP contribution in [0.15, 0.2) is 24.3 Å². The zero-order valence-corrected chi connectivity index (χ0v) is 10.5. The smallest absolute Gasteiger partial charge is 0.394 e. The molecule has 2 N–H and O–H groups in total. The van der Waals surface area contributed by atoms with Crippen LogP contribution in [0, 0.1) is 5.92 Å². The highest BCUT2D eigenvalue weighted by Crippen LogP contribution is 2.30. The van der Waals surface area contributed by atoms with Gasteiger partial charge in [0.25, 0.3) is 0 Å². The molecule has 102 valence electrons. The first-order valence-corrected chi connectivity index (χ1v) is 5.86. The second kappa shape index (κ2) is 6.20. The van der Waals surface area contributed by atoms with E-state index >= 15 is 0 Å². The third-order valence-corrected chi connectivity index (χ3v) is 2.57. The van der Waals surface area contributed by atoms with Crippen LogP contribution in [-0.4, -0.2) is 18.3 Å². The molecule has 0 amide bonds. The quantitative estimate of drug-likeness (QED) is 0.854. The molecule has 0 saturated carbocycles. The Bertz CT molecular complexity index is 377. The molecular formula is C13H18F3NO. The molecule has 0 aromatic heterocycles. The third kappa shape index (κ3) is 4.31. The van der Waals surface area contributed by atoms with Crippen LogP contribution in [0.1, 0.15) is 31.0 Å². The van der Waals surface area contributed by atoms with Gasteiger partial charge in [0.05, 0.1) is 18.2 Å². The first kappa shape index (κ1) is 15.0. The predicted octanol–water partition coefficient (Wildman–Crippen LogP) is 2.98. The number of hydrogen-bond donors (Lipinski definition) is 2. The zero-order chi connectivity index (χ0) is 13.8. The van der Waals surface area contributed by atoms with Crippen molar-refractivity contribution >= 4 is 0 Å². The number of alkyl halides is 3. The van der Waals surface area contributed by atoms with E-state index in [0.717, 1.165) is 12.1 Å². The molecule has 0 saturated heterocycles. The molecule has 0 fully saturated rings. The monoisotopic (exact) mass is 261 g/mol. The van der Waals surface area contributed by atoms with E-state index < -0.39 is 17.8 Å². The summed E-state index contributed by atoms with van der Waals surface area (Å²) in [4.78, 5) is 0. The van der Waals surface area contributed by atoms with Crippen molar-refractivity contribution in [3.8, 4) is 0 Å². The van der Waals surface area contributed by atoms with Crippen molar-refractivity contribution in [2.45, 2.75) is 26.1 Å². The fourth-order valence-corrected chi connectivity index (χ4v) is 1.60. The fraction of sp³-hybridized carbons (Fsp3) is 0.538. The van der Waals surface area contributed by atoms with Gasteiger partial charge in [-0.3, -0.25) is 0 Å². The minimum absolute atomic E-state index is 0.228. The lowest BCUT2D eigenvalue weighted by atomic mass is 10.0. The van der Waals surface area contributed by atoms with Crippen LogP contribution in [0.3, 0.4) is 0 Å². The van der Waals surface area contributed by atoms with Crippen LogP contribution >= 0.6 is 0 Å². The van der Waals surface area contributed by atoms with Crippen LogP contribution in [0.2, 0.25) is 0 Å². The molecule has 2 nitrogen and oxygen atoms in total. The molecule has 0 spiro atoms. The van der Waals surface area contributed by atoms with Gasteiger partial charge in [-0.2, -0.15) is 13.2 Å². The van der Waals surface area contributed by atoms with Crippen molar-refractivity contribution in [1.82, 2.24) is 5.32 Å². The van der Waals surface area contributed by atoms with E-state index in [9.17, 15) is 18.3 Å². The van der Waals surface area contributed by atoms with E-state index in [-0.39, 0.29) is 6.61 Å². The van der Waals surface area contributed by atoms with Crippen molar-refractivity contribution < 1.29 is 18.3 Å². The highest BCUT2D eigenvalue weighted by molar-refractivity contribution is 5.28. The van der Waals surface area contributed by atoms with Crippen LogP contribution in [0.4, 0.5) is 13.2 Å². The van der Waals surface area contributed by atoms with Gasteiger partial charge in [-0.25, -0.2) is 0 Å². The van der Waals surface area contributed by atoms with Crippen molar-refractivity contribution in [3.63, 3.8) is 0 Å². The van der Waals surface area contributed by atoms with E-state index in [1.807, 2.05) is 13.8 Å². The van der Waals surface area contributed by atoms with E-state index in [1.165, 1.54) is 6.07 Å². The number of aliphatic hydroxyl groups is 1. The van der Waals surface area contributed by atoms with Crippen LogP contribution in [0.5, 0.6) is 0 Å². The lowest BCUT2D eigenvalue weighted by Gasteiger charge is -2.19. The van der Waals surface area contributed by atoms with Gasteiger partial charge in [-0.1, -0.05) is 26.0 Å². The van der Waals surface area contributed by atoms with Gasteiger partial charge in [-0.15, -0.1) is 0 Å². The number of rotatable bonds is 5. The van der Waals surface area contributed by atoms with Gasteiger partial charge in [0.1, 0.15) is 0 Å². The van der Waals surface area contributed by atoms with Crippen LogP contribution < -0.4 is 5.32 Å². The summed E-state index contributed by atoms with van der Waals surface area (Å²) in [5.41, 5.74) is -0.238. The Morgan fingerprint density at radius 1 is 1.28 bits per heavy atom. The molecule has 1 aromatic carbocycles.